The molecule has 0 amide bonds. The normalized spacial score (nSPS) is 11.7. The fourth-order valence-electron chi connectivity index (χ4n) is 10.5. The second-order valence-corrected chi connectivity index (χ2v) is 29.2. The van der Waals surface area contributed by atoms with E-state index in [1.807, 2.05) is 39.0 Å². The third-order valence-electron chi connectivity index (χ3n) is 15.8. The van der Waals surface area contributed by atoms with E-state index in [-0.39, 0.29) is 62.1 Å². The molecule has 680 valence electrons. The minimum Gasteiger partial charge on any atom is -0.475 e. The predicted molar refractivity (Wildman–Crippen MR) is 454 cm³/mol. The maximum absolute atomic E-state index is 12.8. The third kappa shape index (κ3) is 28.3. The van der Waals surface area contributed by atoms with E-state index in [0.717, 1.165) is 41.7 Å². The average molecular weight is 1900 g/mol. The van der Waals surface area contributed by atoms with Gasteiger partial charge in [-0.2, -0.15) is 18.4 Å². The van der Waals surface area contributed by atoms with Crippen LogP contribution >= 0.6 is 23.2 Å². The van der Waals surface area contributed by atoms with E-state index in [1.165, 1.54) is 141 Å². The van der Waals surface area contributed by atoms with Gasteiger partial charge in [0, 0.05) is 154 Å². The zero-order valence-corrected chi connectivity index (χ0v) is 71.7. The Balaban J connectivity index is 0.000000136. The van der Waals surface area contributed by atoms with Crippen LogP contribution in [-0.4, -0.2) is 207 Å². The summed E-state index contributed by atoms with van der Waals surface area (Å²) in [6.45, 7) is 10.6. The number of halogens is 8. The van der Waals surface area contributed by atoms with Crippen molar-refractivity contribution in [3.05, 3.63) is 239 Å². The molecule has 0 saturated carbocycles. The van der Waals surface area contributed by atoms with E-state index in [0.29, 0.717) is 86.0 Å². The highest BCUT2D eigenvalue weighted by Crippen LogP contribution is 2.32. The Morgan fingerprint density at radius 3 is 1.04 bits per heavy atom. The summed E-state index contributed by atoms with van der Waals surface area (Å²) in [6.07, 6.45) is 26.6. The van der Waals surface area contributed by atoms with Crippen molar-refractivity contribution in [1.82, 2.24) is 180 Å². The molecule has 0 spiro atoms. The number of sulfone groups is 1. The van der Waals surface area contributed by atoms with Gasteiger partial charge in [0.05, 0.1) is 6.10 Å². The van der Waals surface area contributed by atoms with Crippen LogP contribution in [0.15, 0.2) is 185 Å². The minimum absolute atomic E-state index is 0.00308. The van der Waals surface area contributed by atoms with Crippen LogP contribution in [0.1, 0.15) is 83.4 Å². The standard InChI is InChI=1S/C14H13ClN6O2.C13H9F3N6O.C13H9N7O.C13H12N6O3S.C12H6ClF3N6O2.C12H10N6O2/c1-9(2)23-13-6-10(5-11(15)18-13)14-16-7-21(20-14)4-3-12-19-17-8-22-12;1-8-4-9(5-10(19-8)13(14,15)16)12-17-6-22(21-12)3-2-11-20-18-7-23-11;1-9-4-10(5-11(6-14)17-9)13-15-7-20(19-13)3-2-12-18-16-8-21-12;1-9-5-10(6-12(16-9)23(2,20)21)13-14-7-19(18-13)4-3-11-17-15-8-22-11;13-8-3-7(4-10(19-8)24-12(14,15)16)11-17-5-22(21-11)2-1-9-20-18-6-23-9;1-8-4-9(5-10(19)15-8)12-13-6-18(17-12)3-2-11-16-14-7-20-11/h3-9H,1-2H3;2-7H,1H3;2-5,7-8H,1H3;3-8H,1-2H3;1-6H;2-7H,1H3,(H,15,19)/b4-3-;2*3-2-;4-3-;2-1-;3-2-. The van der Waals surface area contributed by atoms with Crippen molar-refractivity contribution >= 4 is 107 Å². The van der Waals surface area contributed by atoms with Gasteiger partial charge in [0.15, 0.2) is 49.8 Å². The predicted octanol–water partition coefficient (Wildman–Crippen LogP) is 11.9. The lowest BCUT2D eigenvalue weighted by molar-refractivity contribution is -0.276. The Labute approximate surface area is 755 Å². The van der Waals surface area contributed by atoms with Crippen molar-refractivity contribution in [2.45, 2.75) is 65.2 Å². The van der Waals surface area contributed by atoms with Crippen LogP contribution < -0.4 is 15.0 Å². The second kappa shape index (κ2) is 43.2. The number of rotatable bonds is 22. The number of H-pyrrole nitrogens is 1. The Morgan fingerprint density at radius 2 is 0.731 bits per heavy atom. The molecule has 18 aromatic heterocycles. The molecule has 0 unspecified atom stereocenters. The summed E-state index contributed by atoms with van der Waals surface area (Å²) >= 11 is 11.7. The topological polar surface area (TPSA) is 591 Å². The number of nitriles is 1. The zero-order valence-electron chi connectivity index (χ0n) is 69.4. The molecule has 0 bridgehead atoms. The van der Waals surface area contributed by atoms with Gasteiger partial charge in [0.25, 0.3) is 0 Å². The van der Waals surface area contributed by atoms with Gasteiger partial charge in [-0.15, -0.1) is 105 Å². The first-order valence-electron chi connectivity index (χ1n) is 37.5. The number of pyridine rings is 6. The quantitative estimate of drug-likeness (QED) is 0.0486. The molecule has 0 aliphatic carbocycles. The largest absolute Gasteiger partial charge is 0.574 e. The molecular weight excluding hydrogens is 1840 g/mol. The van der Waals surface area contributed by atoms with Crippen LogP contribution in [0, 0.1) is 39.0 Å². The van der Waals surface area contributed by atoms with Gasteiger partial charge >= 0.3 is 12.5 Å². The van der Waals surface area contributed by atoms with Crippen molar-refractivity contribution < 1.29 is 70.7 Å². The number of nitrogens with zero attached hydrogens (tertiary/aromatic N) is 36. The highest BCUT2D eigenvalue weighted by molar-refractivity contribution is 7.90. The molecule has 18 heterocycles. The Hall–Kier alpha value is -18.0. The lowest BCUT2D eigenvalue weighted by atomic mass is 10.2. The summed E-state index contributed by atoms with van der Waals surface area (Å²) in [6, 6.07) is 20.1. The van der Waals surface area contributed by atoms with Crippen molar-refractivity contribution in [2.24, 2.45) is 0 Å². The van der Waals surface area contributed by atoms with Crippen molar-refractivity contribution in [1.29, 1.82) is 5.26 Å². The molecule has 0 aliphatic heterocycles. The number of alkyl halides is 6. The maximum atomic E-state index is 12.8. The van der Waals surface area contributed by atoms with Gasteiger partial charge < -0.3 is 41.0 Å². The molecule has 0 fully saturated rings. The highest BCUT2D eigenvalue weighted by Gasteiger charge is 2.34. The molecule has 18 rings (SSSR count). The Morgan fingerprint density at radius 1 is 0.418 bits per heavy atom. The molecule has 1 N–H and O–H groups in total. The number of hydrogen-bond acceptors (Lipinski definition) is 41. The van der Waals surface area contributed by atoms with Gasteiger partial charge in [-0.25, -0.2) is 91.3 Å². The lowest BCUT2D eigenvalue weighted by Crippen LogP contribution is -2.18. The number of aromatic nitrogens is 36. The summed E-state index contributed by atoms with van der Waals surface area (Å²) in [7, 11) is -3.40. The molecule has 0 radical (unpaired) electrons. The number of aryl methyl sites for hydroxylation is 4. The van der Waals surface area contributed by atoms with Gasteiger partial charge in [-0.3, -0.25) is 4.79 Å². The smallest absolute Gasteiger partial charge is 0.475 e. The van der Waals surface area contributed by atoms with E-state index in [2.05, 4.69) is 156 Å². The summed E-state index contributed by atoms with van der Waals surface area (Å²) in [4.78, 5) is 57.9. The number of ether oxygens (including phenoxy) is 2. The molecule has 0 aromatic carbocycles. The first-order valence-corrected chi connectivity index (χ1v) is 40.2. The van der Waals surface area contributed by atoms with Crippen LogP contribution in [0.25, 0.3) is 142 Å². The van der Waals surface area contributed by atoms with Crippen LogP contribution in [-0.2, 0) is 16.0 Å². The number of nitrogens with one attached hydrogen (secondary N) is 1. The van der Waals surface area contributed by atoms with E-state index in [9.17, 15) is 39.6 Å². The maximum Gasteiger partial charge on any atom is 0.574 e. The van der Waals surface area contributed by atoms with Gasteiger partial charge in [0.1, 0.15) is 65.7 Å². The van der Waals surface area contributed by atoms with Crippen molar-refractivity contribution in [3.63, 3.8) is 0 Å². The third-order valence-corrected chi connectivity index (χ3v) is 17.2. The molecule has 57 heteroatoms. The fourth-order valence-corrected chi connectivity index (χ4v) is 11.5. The first kappa shape index (κ1) is 93.7. The van der Waals surface area contributed by atoms with Gasteiger partial charge in [0.2, 0.25) is 91.0 Å². The van der Waals surface area contributed by atoms with Crippen molar-refractivity contribution in [3.8, 4) is 86.2 Å². The molecule has 0 aliphatic rings. The Kier molecular flexibility index (Phi) is 30.2. The second-order valence-electron chi connectivity index (χ2n) is 26.5. The zero-order chi connectivity index (χ0) is 94.9. The Bertz CT molecular complexity index is 7350. The van der Waals surface area contributed by atoms with E-state index in [1.54, 1.807) is 99.9 Å². The van der Waals surface area contributed by atoms with E-state index >= 15 is 0 Å². The van der Waals surface area contributed by atoms with Crippen LogP contribution in [0.5, 0.6) is 11.8 Å². The SMILES string of the molecule is CC(C)Oc1cc(-c2ncn(/C=C\c3nnco3)n2)cc(Cl)n1.Cc1cc(-c2ncn(/C=C\c3nnco3)n2)cc(=O)[nH]1.Cc1cc(-c2ncn(/C=C\c3nnco3)n2)cc(C#N)n1.Cc1cc(-c2ncn(/C=C\c3nnco3)n2)cc(C(F)(F)F)n1.Cc1cc(-c2ncn(/C=C\c3nnco3)n2)cc(S(C)(=O)=O)n1.FC(F)(F)Oc1cc(-c2ncn(/C=C\c3nnco3)n2)cc(Cl)n1. The molecule has 48 nitrogen and oxygen atoms in total. The monoisotopic (exact) mass is 1890 g/mol. The minimum atomic E-state index is -4.88. The van der Waals surface area contributed by atoms with Gasteiger partial charge in [-0.1, -0.05) is 23.2 Å². The molecule has 0 atom stereocenters. The fraction of sp³-hybridized carbons (Fsp3) is 0.130. The summed E-state index contributed by atoms with van der Waals surface area (Å²) < 4.78 is 146. The summed E-state index contributed by atoms with van der Waals surface area (Å²) in [5, 5.41) is 77.7. The molecule has 18 aromatic rings. The van der Waals surface area contributed by atoms with Crippen LogP contribution in [0.3, 0.4) is 0 Å². The molecular formula is C77H59Cl2F6N37O11S. The number of aromatic amines is 1. The van der Waals surface area contributed by atoms with Crippen LogP contribution in [0.4, 0.5) is 26.3 Å². The van der Waals surface area contributed by atoms with Crippen LogP contribution in [0.2, 0.25) is 10.3 Å². The summed E-state index contributed by atoms with van der Waals surface area (Å²) in [5.41, 5.74) is 4.59. The molecule has 134 heavy (non-hydrogen) atoms. The van der Waals surface area contributed by atoms with Crippen molar-refractivity contribution in [2.75, 3.05) is 6.26 Å². The lowest BCUT2D eigenvalue weighted by Gasteiger charge is -2.09. The molecule has 0 saturated heterocycles. The average Bonchev–Trinajstić information content (AvgIpc) is 1.51. The van der Waals surface area contributed by atoms with E-state index in [4.69, 9.17) is 59.7 Å². The highest BCUT2D eigenvalue weighted by atomic mass is 35.5. The number of hydrogen-bond donors (Lipinski definition) is 1. The van der Waals surface area contributed by atoms with Gasteiger partial charge in [-0.05, 0) is 96.1 Å². The summed E-state index contributed by atoms with van der Waals surface area (Å²) in [5.74, 6) is 3.83. The van der Waals surface area contributed by atoms with E-state index < -0.39 is 33.9 Å². The first-order chi connectivity index (χ1) is 64.3.